The lowest BCUT2D eigenvalue weighted by Crippen LogP contribution is -2.33. The SMILES string of the molecule is CCCN(CC(=O)O)[C@H](C)c1ccccc1Br. The van der Waals surface area contributed by atoms with Crippen LogP contribution >= 0.6 is 15.9 Å². The van der Waals surface area contributed by atoms with E-state index in [9.17, 15) is 4.79 Å². The summed E-state index contributed by atoms with van der Waals surface area (Å²) in [4.78, 5) is 12.8. The predicted molar refractivity (Wildman–Crippen MR) is 72.1 cm³/mol. The molecule has 0 saturated carbocycles. The van der Waals surface area contributed by atoms with Gasteiger partial charge in [-0.15, -0.1) is 0 Å². The van der Waals surface area contributed by atoms with Crippen LogP contribution in [0.15, 0.2) is 28.7 Å². The minimum absolute atomic E-state index is 0.0797. The van der Waals surface area contributed by atoms with Gasteiger partial charge in [-0.3, -0.25) is 9.69 Å². The normalized spacial score (nSPS) is 12.7. The average Bonchev–Trinajstić information content (AvgIpc) is 2.28. The second kappa shape index (κ2) is 6.77. The summed E-state index contributed by atoms with van der Waals surface area (Å²) in [5, 5.41) is 8.92. The van der Waals surface area contributed by atoms with Crippen molar-refractivity contribution in [2.24, 2.45) is 0 Å². The molecule has 0 radical (unpaired) electrons. The Morgan fingerprint density at radius 2 is 2.12 bits per heavy atom. The number of rotatable bonds is 6. The van der Waals surface area contributed by atoms with Gasteiger partial charge in [0.2, 0.25) is 0 Å². The third-order valence-corrected chi connectivity index (χ3v) is 3.47. The summed E-state index contributed by atoms with van der Waals surface area (Å²) in [7, 11) is 0. The number of benzene rings is 1. The molecule has 0 spiro atoms. The summed E-state index contributed by atoms with van der Waals surface area (Å²) >= 11 is 3.51. The van der Waals surface area contributed by atoms with Crippen molar-refractivity contribution in [1.29, 1.82) is 0 Å². The summed E-state index contributed by atoms with van der Waals surface area (Å²) in [6.45, 7) is 4.96. The highest BCUT2D eigenvalue weighted by atomic mass is 79.9. The molecule has 0 aliphatic carbocycles. The molecule has 0 aliphatic rings. The summed E-state index contributed by atoms with van der Waals surface area (Å²) in [6.07, 6.45) is 0.947. The fourth-order valence-corrected chi connectivity index (χ4v) is 2.50. The Balaban J connectivity index is 2.87. The van der Waals surface area contributed by atoms with Crippen molar-refractivity contribution >= 4 is 21.9 Å². The maximum Gasteiger partial charge on any atom is 0.317 e. The zero-order valence-corrected chi connectivity index (χ0v) is 11.8. The number of carbonyl (C=O) groups is 1. The van der Waals surface area contributed by atoms with Crippen LogP contribution in [0.2, 0.25) is 0 Å². The van der Waals surface area contributed by atoms with E-state index in [2.05, 4.69) is 22.9 Å². The van der Waals surface area contributed by atoms with Crippen molar-refractivity contribution in [2.45, 2.75) is 26.3 Å². The van der Waals surface area contributed by atoms with Gasteiger partial charge in [-0.2, -0.15) is 0 Å². The van der Waals surface area contributed by atoms with Gasteiger partial charge in [0.15, 0.2) is 0 Å². The molecule has 17 heavy (non-hydrogen) atoms. The molecule has 4 heteroatoms. The fourth-order valence-electron chi connectivity index (χ4n) is 1.88. The van der Waals surface area contributed by atoms with Crippen LogP contribution in [0.5, 0.6) is 0 Å². The van der Waals surface area contributed by atoms with Crippen molar-refractivity contribution in [3.05, 3.63) is 34.3 Å². The van der Waals surface area contributed by atoms with Crippen molar-refractivity contribution in [3.8, 4) is 0 Å². The molecule has 94 valence electrons. The van der Waals surface area contributed by atoms with Gasteiger partial charge in [-0.25, -0.2) is 0 Å². The molecule has 0 saturated heterocycles. The van der Waals surface area contributed by atoms with Crippen LogP contribution in [0.3, 0.4) is 0 Å². The fraction of sp³-hybridized carbons (Fsp3) is 0.462. The molecule has 1 rings (SSSR count). The highest BCUT2D eigenvalue weighted by Crippen LogP contribution is 2.27. The lowest BCUT2D eigenvalue weighted by molar-refractivity contribution is -0.138. The molecule has 1 aromatic rings. The molecule has 1 N–H and O–H groups in total. The van der Waals surface area contributed by atoms with Crippen LogP contribution < -0.4 is 0 Å². The molecular formula is C13H18BrNO2. The van der Waals surface area contributed by atoms with Gasteiger partial charge < -0.3 is 5.11 Å². The van der Waals surface area contributed by atoms with Gasteiger partial charge >= 0.3 is 5.97 Å². The molecule has 0 fully saturated rings. The Hall–Kier alpha value is -0.870. The minimum Gasteiger partial charge on any atom is -0.480 e. The second-order valence-electron chi connectivity index (χ2n) is 4.06. The van der Waals surface area contributed by atoms with Gasteiger partial charge in [0.05, 0.1) is 6.54 Å². The van der Waals surface area contributed by atoms with E-state index in [4.69, 9.17) is 5.11 Å². The smallest absolute Gasteiger partial charge is 0.317 e. The molecule has 0 bridgehead atoms. The molecular weight excluding hydrogens is 282 g/mol. The van der Waals surface area contributed by atoms with Gasteiger partial charge in [0.25, 0.3) is 0 Å². The highest BCUT2D eigenvalue weighted by Gasteiger charge is 2.19. The Kier molecular flexibility index (Phi) is 5.65. The molecule has 0 aliphatic heterocycles. The summed E-state index contributed by atoms with van der Waals surface area (Å²) in [6, 6.07) is 8.04. The number of aliphatic carboxylic acids is 1. The van der Waals surface area contributed by atoms with Crippen molar-refractivity contribution < 1.29 is 9.90 Å². The first-order valence-corrected chi connectivity index (χ1v) is 6.55. The minimum atomic E-state index is -0.780. The van der Waals surface area contributed by atoms with E-state index in [-0.39, 0.29) is 12.6 Å². The molecule has 1 aromatic carbocycles. The number of carboxylic acids is 1. The molecule has 3 nitrogen and oxygen atoms in total. The average molecular weight is 300 g/mol. The Morgan fingerprint density at radius 1 is 1.47 bits per heavy atom. The van der Waals surface area contributed by atoms with Crippen LogP contribution in [0.25, 0.3) is 0 Å². The number of hydrogen-bond acceptors (Lipinski definition) is 2. The third-order valence-electron chi connectivity index (χ3n) is 2.75. The van der Waals surface area contributed by atoms with E-state index < -0.39 is 5.97 Å². The van der Waals surface area contributed by atoms with Crippen LogP contribution in [-0.2, 0) is 4.79 Å². The topological polar surface area (TPSA) is 40.5 Å². The van der Waals surface area contributed by atoms with Crippen molar-refractivity contribution in [3.63, 3.8) is 0 Å². The zero-order valence-electron chi connectivity index (χ0n) is 10.2. The van der Waals surface area contributed by atoms with Gasteiger partial charge in [-0.05, 0) is 31.5 Å². The molecule has 1 atom stereocenters. The second-order valence-corrected chi connectivity index (χ2v) is 4.92. The van der Waals surface area contributed by atoms with E-state index >= 15 is 0 Å². The first-order chi connectivity index (χ1) is 8.06. The largest absolute Gasteiger partial charge is 0.480 e. The van der Waals surface area contributed by atoms with E-state index in [1.165, 1.54) is 0 Å². The summed E-state index contributed by atoms with van der Waals surface area (Å²) < 4.78 is 1.03. The van der Waals surface area contributed by atoms with E-state index in [0.29, 0.717) is 0 Å². The summed E-state index contributed by atoms with van der Waals surface area (Å²) in [5.74, 6) is -0.780. The van der Waals surface area contributed by atoms with Crippen LogP contribution in [0.4, 0.5) is 0 Å². The van der Waals surface area contributed by atoms with Crippen LogP contribution in [0.1, 0.15) is 31.9 Å². The number of carboxylic acid groups (broad SMARTS) is 1. The van der Waals surface area contributed by atoms with E-state index in [1.54, 1.807) is 0 Å². The maximum absolute atomic E-state index is 10.9. The van der Waals surface area contributed by atoms with Gasteiger partial charge in [0, 0.05) is 10.5 Å². The summed E-state index contributed by atoms with van der Waals surface area (Å²) in [5.41, 5.74) is 1.13. The van der Waals surface area contributed by atoms with E-state index in [0.717, 1.165) is 23.0 Å². The Labute approximate surface area is 111 Å². The Bertz CT molecular complexity index is 381. The molecule has 0 unspecified atom stereocenters. The standard InChI is InChI=1S/C13H18BrNO2/c1-3-8-15(9-13(16)17)10(2)11-6-4-5-7-12(11)14/h4-7,10H,3,8-9H2,1-2H3,(H,16,17)/t10-/m1/s1. The Morgan fingerprint density at radius 3 is 2.65 bits per heavy atom. The maximum atomic E-state index is 10.9. The molecule has 0 amide bonds. The number of nitrogens with zero attached hydrogens (tertiary/aromatic N) is 1. The molecule has 0 heterocycles. The monoisotopic (exact) mass is 299 g/mol. The first-order valence-electron chi connectivity index (χ1n) is 5.76. The first kappa shape index (κ1) is 14.2. The van der Waals surface area contributed by atoms with E-state index in [1.807, 2.05) is 36.1 Å². The number of hydrogen-bond donors (Lipinski definition) is 1. The van der Waals surface area contributed by atoms with Gasteiger partial charge in [-0.1, -0.05) is 41.1 Å². The lowest BCUT2D eigenvalue weighted by Gasteiger charge is -2.28. The van der Waals surface area contributed by atoms with Crippen molar-refractivity contribution in [1.82, 2.24) is 4.90 Å². The highest BCUT2D eigenvalue weighted by molar-refractivity contribution is 9.10. The predicted octanol–water partition coefficient (Wildman–Crippen LogP) is 3.31. The number of halogens is 1. The molecule has 0 aromatic heterocycles. The van der Waals surface area contributed by atoms with Crippen molar-refractivity contribution in [2.75, 3.05) is 13.1 Å². The van der Waals surface area contributed by atoms with Crippen LogP contribution in [0, 0.1) is 0 Å². The van der Waals surface area contributed by atoms with Gasteiger partial charge in [0.1, 0.15) is 0 Å². The third kappa shape index (κ3) is 4.13. The van der Waals surface area contributed by atoms with Crippen LogP contribution in [-0.4, -0.2) is 29.1 Å². The quantitative estimate of drug-likeness (QED) is 0.876. The lowest BCUT2D eigenvalue weighted by atomic mass is 10.1. The zero-order chi connectivity index (χ0) is 12.8.